The van der Waals surface area contributed by atoms with Gasteiger partial charge in [0.2, 0.25) is 6.04 Å². The Hall–Kier alpha value is -2.00. The summed E-state index contributed by atoms with van der Waals surface area (Å²) in [6.07, 6.45) is 9.31. The van der Waals surface area contributed by atoms with Gasteiger partial charge in [-0.1, -0.05) is 41.0 Å². The molecule has 0 aromatic heterocycles. The Bertz CT molecular complexity index is 4030. The van der Waals surface area contributed by atoms with Crippen LogP contribution in [-0.4, -0.2) is 176 Å². The molecule has 30 rings (SSSR count). The Labute approximate surface area is 633 Å². The Morgan fingerprint density at radius 3 is 1.95 bits per heavy atom. The second-order valence-electron chi connectivity index (χ2n) is 46.8. The van der Waals surface area contributed by atoms with Crippen molar-refractivity contribution in [3.05, 3.63) is 10.1 Å². The maximum Gasteiger partial charge on any atom is 0.216 e. The quantitative estimate of drug-likeness (QED) is 0.0891. The normalized spacial score (nSPS) is 74.9. The van der Waals surface area contributed by atoms with Gasteiger partial charge in [-0.15, -0.1) is 0 Å². The summed E-state index contributed by atoms with van der Waals surface area (Å²) in [5.74, 6) is 30.6. The minimum atomic E-state index is -0.596. The van der Waals surface area contributed by atoms with Gasteiger partial charge in [-0.3, -0.25) is 39.9 Å². The summed E-state index contributed by atoms with van der Waals surface area (Å²) >= 11 is 0. The van der Waals surface area contributed by atoms with E-state index in [-0.39, 0.29) is 101 Å². The first kappa shape index (κ1) is 63.2. The molecule has 13 aliphatic heterocycles. The minimum absolute atomic E-state index is 0.00902. The van der Waals surface area contributed by atoms with Gasteiger partial charge in [0.25, 0.3) is 0 Å². The van der Waals surface area contributed by atoms with Crippen LogP contribution in [-0.2, 0) is 4.84 Å². The Balaban J connectivity index is 0.688. The van der Waals surface area contributed by atoms with Crippen molar-refractivity contribution in [3.63, 3.8) is 0 Å². The highest BCUT2D eigenvalue weighted by molar-refractivity contribution is 5.59. The molecule has 107 heavy (non-hydrogen) atoms. The third-order valence-electron chi connectivity index (χ3n) is 48.0. The lowest BCUT2D eigenvalue weighted by atomic mass is 9.23. The van der Waals surface area contributed by atoms with Crippen LogP contribution >= 0.6 is 0 Å². The molecule has 0 spiro atoms. The van der Waals surface area contributed by atoms with Gasteiger partial charge in [0.05, 0.1) is 30.5 Å². The molecule has 19 nitrogen and oxygen atoms in total. The Kier molecular flexibility index (Phi) is 11.6. The van der Waals surface area contributed by atoms with Crippen LogP contribution in [0.25, 0.3) is 0 Å². The lowest BCUT2D eigenvalue weighted by Gasteiger charge is -2.89. The first-order chi connectivity index (χ1) is 52.1. The summed E-state index contributed by atoms with van der Waals surface area (Å²) in [5.41, 5.74) is 15.6. The highest BCUT2D eigenvalue weighted by atomic mass is 16.6. The first-order valence-electron chi connectivity index (χ1n) is 46.5. The molecule has 30 fully saturated rings. The first-order valence-corrected chi connectivity index (χ1v) is 46.5. The van der Waals surface area contributed by atoms with E-state index in [0.29, 0.717) is 317 Å². The van der Waals surface area contributed by atoms with E-state index in [9.17, 15) is 26.0 Å². The van der Waals surface area contributed by atoms with Crippen molar-refractivity contribution in [1.82, 2.24) is 45.9 Å². The second-order valence-corrected chi connectivity index (χ2v) is 46.8. The zero-order valence-electron chi connectivity index (χ0n) is 64.4. The van der Waals surface area contributed by atoms with Gasteiger partial charge in [0.1, 0.15) is 6.23 Å². The van der Waals surface area contributed by atoms with E-state index in [2.05, 4.69) is 91.7 Å². The van der Waals surface area contributed by atoms with Crippen molar-refractivity contribution in [2.45, 2.75) is 216 Å². The molecule has 4 bridgehead atoms. The van der Waals surface area contributed by atoms with Crippen LogP contribution in [0.4, 0.5) is 0 Å². The zero-order valence-corrected chi connectivity index (χ0v) is 64.4. The third kappa shape index (κ3) is 6.10. The number of hydrogen-bond donors (Lipinski definition) is 9. The van der Waals surface area contributed by atoms with Crippen molar-refractivity contribution in [2.75, 3.05) is 19.6 Å². The zero-order chi connectivity index (χ0) is 70.7. The maximum absolute atomic E-state index is 14.6. The van der Waals surface area contributed by atoms with E-state index in [1.54, 1.807) is 0 Å². The van der Waals surface area contributed by atoms with E-state index < -0.39 is 12.3 Å². The minimum Gasteiger partial charge on any atom is -0.330 e. The van der Waals surface area contributed by atoms with E-state index in [1.807, 2.05) is 11.3 Å². The second kappa shape index (κ2) is 19.6. The predicted octanol–water partition coefficient (Wildman–Crippen LogP) is 5.83. The summed E-state index contributed by atoms with van der Waals surface area (Å²) in [6, 6.07) is 7.21. The fourth-order valence-corrected chi connectivity index (χ4v) is 48.9. The number of rotatable bonds is 5. The molecule has 576 valence electrons. The highest BCUT2D eigenvalue weighted by Crippen LogP contribution is 2.87. The number of nitrogens with two attached hydrogens (primary N) is 3. The van der Waals surface area contributed by atoms with Crippen LogP contribution in [0.2, 0.25) is 0 Å². The Morgan fingerprint density at radius 2 is 1.17 bits per heavy atom. The van der Waals surface area contributed by atoms with Crippen LogP contribution in [0.5, 0.6) is 0 Å². The number of nitro groups is 1. The maximum atomic E-state index is 14.6. The number of piperidine rings is 10. The molecule has 13 heterocycles. The summed E-state index contributed by atoms with van der Waals surface area (Å²) in [6.45, 7) is 25.1. The number of nitrogens with one attached hydrogen (secondary N) is 5. The average Bonchev–Trinajstić information content (AvgIpc) is 1.01. The van der Waals surface area contributed by atoms with E-state index in [4.69, 9.17) is 32.8 Å². The van der Waals surface area contributed by atoms with Crippen LogP contribution in [0.15, 0.2) is 0 Å². The molecule has 19 heteroatoms. The molecular weight excluding hydrogens is 1330 g/mol. The largest absolute Gasteiger partial charge is 0.330 e. The van der Waals surface area contributed by atoms with Gasteiger partial charge in [0, 0.05) is 133 Å². The van der Waals surface area contributed by atoms with Gasteiger partial charge in [0.15, 0.2) is 0 Å². The molecule has 0 aromatic rings. The fourth-order valence-electron chi connectivity index (χ4n) is 48.9. The van der Waals surface area contributed by atoms with Gasteiger partial charge in [-0.2, -0.15) is 10.3 Å². The number of nitriles is 1. The predicted molar refractivity (Wildman–Crippen MR) is 394 cm³/mol. The average molecular weight is 1460 g/mol. The molecule has 17 aliphatic carbocycles. The SMILES string of the molecule is CCC1C2C3C4C(CC2[N+](=O)[O-])C2NC(ON)CC5C2C2C6C7C8C(CC6N5O)NC5CC6CC9C(N)C%10CNC%11C%12C(C#N)C%13C(C=N)C(CN)CC%14C(C)C%15C(C)C%16C(C)C%17C(C)C%18C%19C%20C%17CN%16C%16C%17C%21NC%22C(C6C%21C9C(C%10%11)C%17C%12C(C%14%13)C%15%16)C5C8C(C%22%20)C5C7C(C42)N2C3N(C1C)C(C)N(C%18C)C2C%195. The summed E-state index contributed by atoms with van der Waals surface area (Å²) in [7, 11) is 0. The van der Waals surface area contributed by atoms with Crippen LogP contribution in [0, 0.1) is 317 Å². The van der Waals surface area contributed by atoms with Crippen molar-refractivity contribution >= 4 is 6.21 Å². The number of nitrogens with zero attached hydrogens (tertiary/aromatic N) is 7. The van der Waals surface area contributed by atoms with Gasteiger partial charge in [-0.05, 0) is 326 Å². The van der Waals surface area contributed by atoms with Crippen molar-refractivity contribution < 1.29 is 15.0 Å². The van der Waals surface area contributed by atoms with E-state index in [1.165, 1.54) is 19.4 Å². The number of hydroxylamine groups is 2. The lowest BCUT2D eigenvalue weighted by Crippen LogP contribution is -2.95. The molecule has 30 aliphatic rings. The van der Waals surface area contributed by atoms with E-state index in [0.717, 1.165) is 25.8 Å². The molecule has 68 unspecified atom stereocenters. The van der Waals surface area contributed by atoms with Crippen LogP contribution < -0.4 is 38.6 Å². The third-order valence-corrected chi connectivity index (χ3v) is 48.0. The lowest BCUT2D eigenvalue weighted by molar-refractivity contribution is -0.553. The topological polar surface area (TPSA) is 263 Å². The van der Waals surface area contributed by atoms with Crippen molar-refractivity contribution in [2.24, 2.45) is 307 Å². The summed E-state index contributed by atoms with van der Waals surface area (Å²) in [5, 5.41) is 72.3. The van der Waals surface area contributed by atoms with Crippen LogP contribution in [0.1, 0.15) is 100 Å². The molecule has 68 atom stereocenters. The smallest absolute Gasteiger partial charge is 0.216 e. The number of fused-ring (bicyclic) bond motifs is 2. The van der Waals surface area contributed by atoms with Crippen molar-refractivity contribution in [1.29, 1.82) is 10.7 Å². The summed E-state index contributed by atoms with van der Waals surface area (Å²) in [4.78, 5) is 34.6. The van der Waals surface area contributed by atoms with Gasteiger partial charge >= 0.3 is 0 Å². The van der Waals surface area contributed by atoms with Gasteiger partial charge in [-0.25, -0.2) is 5.90 Å². The molecule has 0 radical (unpaired) electrons. The van der Waals surface area contributed by atoms with Crippen LogP contribution in [0.3, 0.4) is 0 Å². The number of hydrogen-bond acceptors (Lipinski definition) is 18. The molecule has 0 aromatic carbocycles. The molecule has 13 saturated heterocycles. The molecule has 12 N–H and O–H groups in total. The van der Waals surface area contributed by atoms with E-state index >= 15 is 0 Å². The Morgan fingerprint density at radius 1 is 0.542 bits per heavy atom. The van der Waals surface area contributed by atoms with Crippen molar-refractivity contribution in [3.8, 4) is 6.07 Å². The summed E-state index contributed by atoms with van der Waals surface area (Å²) < 4.78 is 0. The monoisotopic (exact) mass is 1460 g/mol. The standard InChI is InChI=1S/C88H125N15O4/c1-9-30-25(6)99-27(8)100-26(7)46-22(3)44-23(4)84-24(5)45-21(2)31-11-29(16-89)34(17-90)48-35(18-91)54-63-62(50(31)48)73(45)85-78-68(63)61-51-32(79(92)36-19-94-81(54)55(36)61)10-28-12-38-57-64-56-39(95-38)14-40-58-65(56)75-69-67(64)72(82-71(57)47(28)70(51)83(78)97-82)53(37(44)20-98(84)85)60(46)77(69)88(100)101-86(75)74-52-33(13-42(103(105)106)49(30)76(52)87(99)101)80-59(66(58)74)41(102(40)104)15-43(96-80)107-93/h17,21-88,90,94-97,104H,9-16,19-20,89,92-93H2,1-8H3. The highest BCUT2D eigenvalue weighted by Gasteiger charge is 2.91. The molecular formula is C88H125N15O4. The molecule has 17 saturated carbocycles. The van der Waals surface area contributed by atoms with Gasteiger partial charge < -0.3 is 38.0 Å². The molecule has 0 amide bonds. The fraction of sp³-hybridized carbons (Fsp3) is 0.977.